The van der Waals surface area contributed by atoms with E-state index < -0.39 is 5.43 Å². The number of pyridine rings is 1. The number of aromatic nitrogens is 1. The molecule has 22 heavy (non-hydrogen) atoms. The Labute approximate surface area is 130 Å². The van der Waals surface area contributed by atoms with Crippen LogP contribution in [0.1, 0.15) is 11.4 Å². The third-order valence-electron chi connectivity index (χ3n) is 3.85. The van der Waals surface area contributed by atoms with Crippen molar-refractivity contribution in [1.29, 1.82) is 0 Å². The van der Waals surface area contributed by atoms with Crippen molar-refractivity contribution >= 4 is 0 Å². The first-order valence-corrected chi connectivity index (χ1v) is 7.53. The van der Waals surface area contributed by atoms with Crippen molar-refractivity contribution in [3.05, 3.63) is 27.7 Å². The van der Waals surface area contributed by atoms with Crippen LogP contribution >= 0.6 is 0 Å². The summed E-state index contributed by atoms with van der Waals surface area (Å²) in [6.45, 7) is 4.84. The van der Waals surface area contributed by atoms with Crippen LogP contribution in [0.5, 0.6) is 5.75 Å². The van der Waals surface area contributed by atoms with Gasteiger partial charge in [-0.1, -0.05) is 0 Å². The Morgan fingerprint density at radius 2 is 1.95 bits per heavy atom. The van der Waals surface area contributed by atoms with Gasteiger partial charge in [0.1, 0.15) is 0 Å². The summed E-state index contributed by atoms with van der Waals surface area (Å²) in [5, 5.41) is 19.6. The fourth-order valence-electron chi connectivity index (χ4n) is 2.68. The zero-order valence-electron chi connectivity index (χ0n) is 13.3. The highest BCUT2D eigenvalue weighted by Crippen LogP contribution is 2.17. The number of rotatable bonds is 6. The topological polar surface area (TPSA) is 78.2 Å². The maximum Gasteiger partial charge on any atom is 0.223 e. The summed E-state index contributed by atoms with van der Waals surface area (Å²) in [6.07, 6.45) is 0. The summed E-state index contributed by atoms with van der Waals surface area (Å²) in [7, 11) is 3.75. The third kappa shape index (κ3) is 4.07. The molecule has 0 amide bonds. The molecule has 0 bridgehead atoms. The molecule has 0 atom stereocenters. The van der Waals surface area contributed by atoms with E-state index in [-0.39, 0.29) is 12.4 Å². The predicted molar refractivity (Wildman–Crippen MR) is 82.9 cm³/mol. The number of hydrogen-bond donors (Lipinski definition) is 2. The van der Waals surface area contributed by atoms with Crippen molar-refractivity contribution in [2.45, 2.75) is 19.7 Å². The second kappa shape index (κ2) is 7.73. The smallest absolute Gasteiger partial charge is 0.223 e. The van der Waals surface area contributed by atoms with E-state index in [4.69, 9.17) is 4.74 Å². The monoisotopic (exact) mass is 311 g/mol. The number of aliphatic hydroxyl groups excluding tert-OH is 1. The van der Waals surface area contributed by atoms with Crippen molar-refractivity contribution in [3.63, 3.8) is 0 Å². The summed E-state index contributed by atoms with van der Waals surface area (Å²) in [4.78, 5) is 16.0. The zero-order chi connectivity index (χ0) is 16.1. The molecule has 1 saturated heterocycles. The zero-order valence-corrected chi connectivity index (χ0v) is 13.3. The minimum Gasteiger partial charge on any atom is -0.503 e. The van der Waals surface area contributed by atoms with E-state index in [2.05, 4.69) is 4.90 Å². The Balaban J connectivity index is 2.25. The van der Waals surface area contributed by atoms with Gasteiger partial charge in [-0.3, -0.25) is 9.69 Å². The largest absolute Gasteiger partial charge is 0.503 e. The van der Waals surface area contributed by atoms with Crippen LogP contribution in [0.25, 0.3) is 0 Å². The van der Waals surface area contributed by atoms with Crippen molar-refractivity contribution in [1.82, 2.24) is 14.4 Å². The molecule has 7 nitrogen and oxygen atoms in total. The Kier molecular flexibility index (Phi) is 5.96. The second-order valence-corrected chi connectivity index (χ2v) is 5.80. The van der Waals surface area contributed by atoms with Gasteiger partial charge in [0.05, 0.1) is 25.5 Å². The standard InChI is InChI=1S/C15H25N3O4/c1-16(2)10-13-15(21)14(20)9-12(11-19)18(13)4-3-17-5-7-22-8-6-17/h9,19,21H,3-8,10-11H2,1-2H3. The van der Waals surface area contributed by atoms with Crippen molar-refractivity contribution < 1.29 is 14.9 Å². The average Bonchev–Trinajstić information content (AvgIpc) is 2.51. The molecule has 2 N–H and O–H groups in total. The number of hydrogen-bond acceptors (Lipinski definition) is 6. The van der Waals surface area contributed by atoms with E-state index in [0.29, 0.717) is 24.5 Å². The molecular weight excluding hydrogens is 286 g/mol. The summed E-state index contributed by atoms with van der Waals surface area (Å²) < 4.78 is 7.18. The van der Waals surface area contributed by atoms with Gasteiger partial charge in [-0.25, -0.2) is 0 Å². The quantitative estimate of drug-likeness (QED) is 0.733. The fourth-order valence-corrected chi connectivity index (χ4v) is 2.68. The van der Waals surface area contributed by atoms with Crippen LogP contribution in [-0.4, -0.2) is 71.5 Å². The van der Waals surface area contributed by atoms with E-state index in [1.165, 1.54) is 6.07 Å². The molecule has 1 aromatic rings. The molecule has 0 aliphatic carbocycles. The van der Waals surface area contributed by atoms with Gasteiger partial charge < -0.3 is 24.4 Å². The molecule has 7 heteroatoms. The summed E-state index contributed by atoms with van der Waals surface area (Å²) in [5.74, 6) is -0.229. The molecule has 124 valence electrons. The van der Waals surface area contributed by atoms with Gasteiger partial charge >= 0.3 is 0 Å². The molecule has 2 heterocycles. The third-order valence-corrected chi connectivity index (χ3v) is 3.85. The molecule has 0 radical (unpaired) electrons. The van der Waals surface area contributed by atoms with Gasteiger partial charge in [-0.2, -0.15) is 0 Å². The van der Waals surface area contributed by atoms with Gasteiger partial charge in [-0.15, -0.1) is 0 Å². The van der Waals surface area contributed by atoms with Crippen molar-refractivity contribution in [3.8, 4) is 5.75 Å². The lowest BCUT2D eigenvalue weighted by molar-refractivity contribution is 0.0360. The SMILES string of the molecule is CN(C)Cc1c(O)c(=O)cc(CO)n1CCN1CCOCC1. The van der Waals surface area contributed by atoms with E-state index in [9.17, 15) is 15.0 Å². The van der Waals surface area contributed by atoms with Crippen LogP contribution in [0.3, 0.4) is 0 Å². The van der Waals surface area contributed by atoms with Crippen LogP contribution in [0.2, 0.25) is 0 Å². The molecule has 0 saturated carbocycles. The molecule has 0 spiro atoms. The van der Waals surface area contributed by atoms with Gasteiger partial charge in [0.15, 0.2) is 5.75 Å². The number of aliphatic hydroxyl groups is 1. The number of morpholine rings is 1. The summed E-state index contributed by atoms with van der Waals surface area (Å²) >= 11 is 0. The van der Waals surface area contributed by atoms with Gasteiger partial charge in [0.2, 0.25) is 5.43 Å². The molecule has 1 aromatic heterocycles. The summed E-state index contributed by atoms with van der Waals surface area (Å²) in [5.41, 5.74) is 0.645. The second-order valence-electron chi connectivity index (χ2n) is 5.80. The first-order valence-electron chi connectivity index (χ1n) is 7.53. The van der Waals surface area contributed by atoms with Crippen molar-refractivity contribution in [2.75, 3.05) is 46.9 Å². The Hall–Kier alpha value is -1.41. The normalized spacial score (nSPS) is 16.4. The molecule has 2 rings (SSSR count). The van der Waals surface area contributed by atoms with Crippen molar-refractivity contribution in [2.24, 2.45) is 0 Å². The van der Waals surface area contributed by atoms with Gasteiger partial charge in [-0.05, 0) is 14.1 Å². The minimum absolute atomic E-state index is 0.223. The molecule has 1 aliphatic heterocycles. The Morgan fingerprint density at radius 3 is 2.55 bits per heavy atom. The maximum atomic E-state index is 11.8. The minimum atomic E-state index is -0.441. The van der Waals surface area contributed by atoms with E-state index in [0.717, 1.165) is 32.8 Å². The van der Waals surface area contributed by atoms with Crippen LogP contribution in [0.4, 0.5) is 0 Å². The Morgan fingerprint density at radius 1 is 1.27 bits per heavy atom. The summed E-state index contributed by atoms with van der Waals surface area (Å²) in [6, 6.07) is 1.31. The first-order chi connectivity index (χ1) is 10.5. The Bertz CT molecular complexity index is 550. The lowest BCUT2D eigenvalue weighted by atomic mass is 10.2. The van der Waals surface area contributed by atoms with Gasteiger partial charge in [0, 0.05) is 44.5 Å². The van der Waals surface area contributed by atoms with Crippen LogP contribution in [0.15, 0.2) is 10.9 Å². The molecule has 0 aromatic carbocycles. The molecular formula is C15H25N3O4. The van der Waals surface area contributed by atoms with Crippen LogP contribution in [-0.2, 0) is 24.4 Å². The number of aromatic hydroxyl groups is 1. The van der Waals surface area contributed by atoms with E-state index in [1.807, 2.05) is 23.6 Å². The number of ether oxygens (including phenoxy) is 1. The lowest BCUT2D eigenvalue weighted by Gasteiger charge is -2.28. The average molecular weight is 311 g/mol. The number of nitrogens with zero attached hydrogens (tertiary/aromatic N) is 3. The lowest BCUT2D eigenvalue weighted by Crippen LogP contribution is -2.39. The van der Waals surface area contributed by atoms with Crippen LogP contribution < -0.4 is 5.43 Å². The van der Waals surface area contributed by atoms with E-state index >= 15 is 0 Å². The molecule has 0 unspecified atom stereocenters. The van der Waals surface area contributed by atoms with Gasteiger partial charge in [0.25, 0.3) is 0 Å². The molecule has 1 fully saturated rings. The van der Waals surface area contributed by atoms with E-state index in [1.54, 1.807) is 0 Å². The highest BCUT2D eigenvalue weighted by Gasteiger charge is 2.17. The highest BCUT2D eigenvalue weighted by atomic mass is 16.5. The maximum absolute atomic E-state index is 11.8. The first kappa shape index (κ1) is 17.0. The fraction of sp³-hybridized carbons (Fsp3) is 0.667. The predicted octanol–water partition coefficient (Wildman–Crippen LogP) is -0.560. The molecule has 1 aliphatic rings. The van der Waals surface area contributed by atoms with Crippen LogP contribution in [0, 0.1) is 0 Å². The highest BCUT2D eigenvalue weighted by molar-refractivity contribution is 5.30.